The Bertz CT molecular complexity index is 396. The van der Waals surface area contributed by atoms with E-state index in [9.17, 15) is 4.79 Å². The summed E-state index contributed by atoms with van der Waals surface area (Å²) >= 11 is 0. The number of amidine groups is 1. The molecule has 2 fully saturated rings. The molecule has 6 nitrogen and oxygen atoms in total. The average molecular weight is 296 g/mol. The van der Waals surface area contributed by atoms with Crippen molar-refractivity contribution in [3.63, 3.8) is 0 Å². The molecule has 2 rings (SSSR count). The Balaban J connectivity index is 1.93. The zero-order valence-corrected chi connectivity index (χ0v) is 13.2. The predicted molar refractivity (Wildman–Crippen MR) is 82.2 cm³/mol. The van der Waals surface area contributed by atoms with Gasteiger partial charge in [0.15, 0.2) is 5.84 Å². The zero-order chi connectivity index (χ0) is 15.5. The molecule has 1 amide bonds. The molecule has 3 N–H and O–H groups in total. The molecule has 6 heteroatoms. The van der Waals surface area contributed by atoms with Crippen molar-refractivity contribution >= 4 is 11.7 Å². The van der Waals surface area contributed by atoms with Gasteiger partial charge in [0.1, 0.15) is 0 Å². The van der Waals surface area contributed by atoms with E-state index in [0.717, 1.165) is 45.4 Å². The quantitative estimate of drug-likeness (QED) is 0.354. The summed E-state index contributed by atoms with van der Waals surface area (Å²) in [4.78, 5) is 17.0. The molecule has 1 atom stereocenters. The lowest BCUT2D eigenvalue weighted by atomic mass is 9.81. The Labute approximate surface area is 127 Å². The highest BCUT2D eigenvalue weighted by Gasteiger charge is 2.42. The van der Waals surface area contributed by atoms with Gasteiger partial charge in [-0.15, -0.1) is 0 Å². The fourth-order valence-electron chi connectivity index (χ4n) is 3.69. The summed E-state index contributed by atoms with van der Waals surface area (Å²) in [5.74, 6) is 0.578. The van der Waals surface area contributed by atoms with Crippen LogP contribution in [0.1, 0.15) is 46.0 Å². The standard InChI is InChI=1S/C15H28N4O2/c1-3-15(6-4-5-7-15)14(20)19-10-8-18(9-11-19)12(2)13(16)17-21/h12,21H,3-11H2,1-2H3,(H2,16,17). The van der Waals surface area contributed by atoms with Crippen LogP contribution in [-0.4, -0.2) is 59.0 Å². The van der Waals surface area contributed by atoms with Gasteiger partial charge in [0.2, 0.25) is 5.91 Å². The van der Waals surface area contributed by atoms with Crippen molar-refractivity contribution in [2.75, 3.05) is 26.2 Å². The van der Waals surface area contributed by atoms with E-state index in [2.05, 4.69) is 17.0 Å². The lowest BCUT2D eigenvalue weighted by molar-refractivity contribution is -0.144. The van der Waals surface area contributed by atoms with E-state index in [4.69, 9.17) is 10.9 Å². The van der Waals surface area contributed by atoms with Crippen molar-refractivity contribution in [3.05, 3.63) is 0 Å². The minimum Gasteiger partial charge on any atom is -0.409 e. The highest BCUT2D eigenvalue weighted by atomic mass is 16.4. The SMILES string of the molecule is CCC1(C(=O)N2CCN(C(C)C(N)=NO)CC2)CCCC1. The first-order valence-electron chi connectivity index (χ1n) is 8.05. The van der Waals surface area contributed by atoms with Crippen molar-refractivity contribution in [1.82, 2.24) is 9.80 Å². The summed E-state index contributed by atoms with van der Waals surface area (Å²) in [5, 5.41) is 11.8. The first-order chi connectivity index (χ1) is 10.0. The minimum absolute atomic E-state index is 0.0844. The molecule has 120 valence electrons. The predicted octanol–water partition coefficient (Wildman–Crippen LogP) is 1.24. The summed E-state index contributed by atoms with van der Waals surface area (Å²) in [6.45, 7) is 7.11. The summed E-state index contributed by atoms with van der Waals surface area (Å²) in [6.07, 6.45) is 5.40. The number of nitrogens with zero attached hydrogens (tertiary/aromatic N) is 3. The summed E-state index contributed by atoms with van der Waals surface area (Å²) in [6, 6.07) is -0.0844. The summed E-state index contributed by atoms with van der Waals surface area (Å²) in [5.41, 5.74) is 5.56. The number of oxime groups is 1. The van der Waals surface area contributed by atoms with Crippen molar-refractivity contribution in [2.45, 2.75) is 52.0 Å². The van der Waals surface area contributed by atoms with Crippen LogP contribution in [0.15, 0.2) is 5.16 Å². The smallest absolute Gasteiger partial charge is 0.228 e. The molecule has 1 saturated heterocycles. The highest BCUT2D eigenvalue weighted by Crippen LogP contribution is 2.42. The number of carbonyl (C=O) groups excluding carboxylic acids is 1. The average Bonchev–Trinajstić information content (AvgIpc) is 3.03. The van der Waals surface area contributed by atoms with Crippen LogP contribution in [0, 0.1) is 5.41 Å². The van der Waals surface area contributed by atoms with Crippen LogP contribution in [0.3, 0.4) is 0 Å². The zero-order valence-electron chi connectivity index (χ0n) is 13.2. The van der Waals surface area contributed by atoms with Gasteiger partial charge in [-0.25, -0.2) is 0 Å². The lowest BCUT2D eigenvalue weighted by Crippen LogP contribution is -2.56. The van der Waals surface area contributed by atoms with E-state index >= 15 is 0 Å². The van der Waals surface area contributed by atoms with Crippen LogP contribution in [0.2, 0.25) is 0 Å². The van der Waals surface area contributed by atoms with Gasteiger partial charge in [0.05, 0.1) is 6.04 Å². The maximum absolute atomic E-state index is 12.8. The maximum atomic E-state index is 12.8. The third-order valence-corrected chi connectivity index (χ3v) is 5.38. The van der Waals surface area contributed by atoms with Crippen LogP contribution in [0.5, 0.6) is 0 Å². The fourth-order valence-corrected chi connectivity index (χ4v) is 3.69. The molecule has 1 aliphatic heterocycles. The Morgan fingerprint density at radius 2 is 1.86 bits per heavy atom. The molecule has 1 heterocycles. The summed E-state index contributed by atoms with van der Waals surface area (Å²) in [7, 11) is 0. The van der Waals surface area contributed by atoms with E-state index in [1.54, 1.807) is 0 Å². The monoisotopic (exact) mass is 296 g/mol. The molecule has 1 saturated carbocycles. The highest BCUT2D eigenvalue weighted by molar-refractivity contribution is 5.85. The normalized spacial score (nSPS) is 25.0. The second-order valence-corrected chi connectivity index (χ2v) is 6.37. The fraction of sp³-hybridized carbons (Fsp3) is 0.867. The second kappa shape index (κ2) is 6.64. The van der Waals surface area contributed by atoms with Crippen molar-refractivity contribution < 1.29 is 10.0 Å². The second-order valence-electron chi connectivity index (χ2n) is 6.37. The van der Waals surface area contributed by atoms with Crippen molar-refractivity contribution in [3.8, 4) is 0 Å². The number of rotatable bonds is 4. The summed E-state index contributed by atoms with van der Waals surface area (Å²) < 4.78 is 0. The molecule has 2 aliphatic rings. The van der Waals surface area contributed by atoms with Gasteiger partial charge in [-0.1, -0.05) is 24.9 Å². The number of hydrogen-bond acceptors (Lipinski definition) is 4. The van der Waals surface area contributed by atoms with E-state index < -0.39 is 0 Å². The Morgan fingerprint density at radius 3 is 2.33 bits per heavy atom. The van der Waals surface area contributed by atoms with Gasteiger partial charge >= 0.3 is 0 Å². The molecule has 0 aromatic carbocycles. The molecule has 0 bridgehead atoms. The van der Waals surface area contributed by atoms with Gasteiger partial charge in [-0.3, -0.25) is 9.69 Å². The molecular formula is C15H28N4O2. The molecule has 0 radical (unpaired) electrons. The van der Waals surface area contributed by atoms with Crippen LogP contribution in [0.4, 0.5) is 0 Å². The van der Waals surface area contributed by atoms with Gasteiger partial charge in [-0.2, -0.15) is 0 Å². The third-order valence-electron chi connectivity index (χ3n) is 5.38. The topological polar surface area (TPSA) is 82.2 Å². The van der Waals surface area contributed by atoms with Crippen LogP contribution >= 0.6 is 0 Å². The number of amides is 1. The van der Waals surface area contributed by atoms with Gasteiger partial charge in [0.25, 0.3) is 0 Å². The number of hydrogen-bond donors (Lipinski definition) is 2. The lowest BCUT2D eigenvalue weighted by Gasteiger charge is -2.41. The van der Waals surface area contributed by atoms with Crippen LogP contribution < -0.4 is 5.73 Å². The van der Waals surface area contributed by atoms with Crippen molar-refractivity contribution in [2.24, 2.45) is 16.3 Å². The molecule has 0 aromatic heterocycles. The van der Waals surface area contributed by atoms with E-state index in [-0.39, 0.29) is 17.3 Å². The Kier molecular flexibility index (Phi) is 5.08. The molecule has 0 spiro atoms. The minimum atomic E-state index is -0.0978. The first-order valence-corrected chi connectivity index (χ1v) is 8.05. The van der Waals surface area contributed by atoms with Crippen LogP contribution in [0.25, 0.3) is 0 Å². The van der Waals surface area contributed by atoms with Crippen molar-refractivity contribution in [1.29, 1.82) is 0 Å². The van der Waals surface area contributed by atoms with Crippen LogP contribution in [-0.2, 0) is 4.79 Å². The molecule has 1 aliphatic carbocycles. The third kappa shape index (κ3) is 3.15. The first kappa shape index (κ1) is 16.1. The van der Waals surface area contributed by atoms with E-state index in [0.29, 0.717) is 5.91 Å². The maximum Gasteiger partial charge on any atom is 0.228 e. The Morgan fingerprint density at radius 1 is 1.29 bits per heavy atom. The number of carbonyl (C=O) groups is 1. The molecule has 1 unspecified atom stereocenters. The van der Waals surface area contributed by atoms with E-state index in [1.165, 1.54) is 12.8 Å². The number of piperazine rings is 1. The molecule has 21 heavy (non-hydrogen) atoms. The van der Waals surface area contributed by atoms with Gasteiger partial charge < -0.3 is 15.8 Å². The van der Waals surface area contributed by atoms with Gasteiger partial charge in [-0.05, 0) is 26.2 Å². The Hall–Kier alpha value is -1.30. The number of nitrogens with two attached hydrogens (primary N) is 1. The molecule has 0 aromatic rings. The largest absolute Gasteiger partial charge is 0.409 e. The van der Waals surface area contributed by atoms with Gasteiger partial charge in [0, 0.05) is 31.6 Å². The van der Waals surface area contributed by atoms with E-state index in [1.807, 2.05) is 11.8 Å². The molecular weight excluding hydrogens is 268 g/mol.